The van der Waals surface area contributed by atoms with Gasteiger partial charge >= 0.3 is 0 Å². The summed E-state index contributed by atoms with van der Waals surface area (Å²) in [5, 5.41) is 0. The first kappa shape index (κ1) is 19.3. The van der Waals surface area contributed by atoms with Gasteiger partial charge in [0.15, 0.2) is 0 Å². The Bertz CT molecular complexity index is 762. The summed E-state index contributed by atoms with van der Waals surface area (Å²) in [5.74, 6) is 0.986. The molecular weight excluding hydrogens is 346 g/mol. The predicted octanol–water partition coefficient (Wildman–Crippen LogP) is 3.79. The number of hydrogen-bond donors (Lipinski definition) is 0. The zero-order valence-corrected chi connectivity index (χ0v) is 17.3. The number of piperidine rings is 1. The monoisotopic (exact) mass is 379 g/mol. The third kappa shape index (κ3) is 4.50. The molecule has 4 nitrogen and oxygen atoms in total. The molecule has 0 aromatic heterocycles. The molecular formula is C24H33N3O. The highest BCUT2D eigenvalue weighted by atomic mass is 16.5. The molecule has 2 fully saturated rings. The van der Waals surface area contributed by atoms with Gasteiger partial charge in [-0.05, 0) is 50.6 Å². The summed E-state index contributed by atoms with van der Waals surface area (Å²) >= 11 is 0. The van der Waals surface area contributed by atoms with Crippen LogP contribution in [0, 0.1) is 6.92 Å². The van der Waals surface area contributed by atoms with Gasteiger partial charge in [0, 0.05) is 38.8 Å². The maximum Gasteiger partial charge on any atom is 0.142 e. The lowest BCUT2D eigenvalue weighted by Gasteiger charge is -2.43. The first-order valence-corrected chi connectivity index (χ1v) is 10.6. The quantitative estimate of drug-likeness (QED) is 0.787. The molecule has 2 aliphatic rings. The van der Waals surface area contributed by atoms with Crippen molar-refractivity contribution in [1.82, 2.24) is 9.80 Å². The van der Waals surface area contributed by atoms with E-state index in [-0.39, 0.29) is 0 Å². The second-order valence-corrected chi connectivity index (χ2v) is 8.19. The molecule has 0 N–H and O–H groups in total. The number of nitrogens with zero attached hydrogens (tertiary/aromatic N) is 3. The number of rotatable bonds is 5. The number of hydrogen-bond acceptors (Lipinski definition) is 4. The smallest absolute Gasteiger partial charge is 0.142 e. The minimum Gasteiger partial charge on any atom is -0.495 e. The van der Waals surface area contributed by atoms with Crippen molar-refractivity contribution in [1.29, 1.82) is 0 Å². The molecule has 2 aliphatic heterocycles. The van der Waals surface area contributed by atoms with Crippen LogP contribution >= 0.6 is 0 Å². The first-order chi connectivity index (χ1) is 13.7. The molecule has 150 valence electrons. The minimum atomic E-state index is 0.744. The van der Waals surface area contributed by atoms with E-state index in [9.17, 15) is 0 Å². The Kier molecular flexibility index (Phi) is 6.18. The number of para-hydroxylation sites is 2. The van der Waals surface area contributed by atoms with Crippen molar-refractivity contribution < 1.29 is 4.74 Å². The molecule has 0 saturated carbocycles. The molecule has 0 bridgehead atoms. The van der Waals surface area contributed by atoms with Crippen molar-refractivity contribution in [3.05, 3.63) is 59.7 Å². The molecule has 0 radical (unpaired) electrons. The lowest BCUT2D eigenvalue weighted by molar-refractivity contribution is 0.0997. The molecule has 28 heavy (non-hydrogen) atoms. The second kappa shape index (κ2) is 8.97. The number of benzene rings is 2. The molecule has 0 amide bonds. The van der Waals surface area contributed by atoms with Gasteiger partial charge in [0.1, 0.15) is 5.75 Å². The third-order valence-corrected chi connectivity index (χ3v) is 6.30. The van der Waals surface area contributed by atoms with Gasteiger partial charge in [-0.1, -0.05) is 42.0 Å². The highest BCUT2D eigenvalue weighted by molar-refractivity contribution is 5.58. The Morgan fingerprint density at radius 2 is 1.64 bits per heavy atom. The Hall–Kier alpha value is -2.04. The van der Waals surface area contributed by atoms with Crippen LogP contribution in [0.4, 0.5) is 5.69 Å². The van der Waals surface area contributed by atoms with E-state index in [2.05, 4.69) is 64.1 Å². The number of piperazine rings is 1. The summed E-state index contributed by atoms with van der Waals surface area (Å²) in [7, 11) is 1.76. The number of likely N-dealkylation sites (tertiary alicyclic amines) is 1. The zero-order valence-electron chi connectivity index (χ0n) is 17.3. The number of aryl methyl sites for hydroxylation is 1. The molecule has 0 atom stereocenters. The number of anilines is 1. The fourth-order valence-electron chi connectivity index (χ4n) is 4.73. The van der Waals surface area contributed by atoms with E-state index >= 15 is 0 Å². The largest absolute Gasteiger partial charge is 0.495 e. The highest BCUT2D eigenvalue weighted by Gasteiger charge is 2.28. The molecule has 2 saturated heterocycles. The van der Waals surface area contributed by atoms with Crippen molar-refractivity contribution in [2.75, 3.05) is 51.3 Å². The second-order valence-electron chi connectivity index (χ2n) is 8.19. The van der Waals surface area contributed by atoms with Crippen LogP contribution in [-0.2, 0) is 6.54 Å². The van der Waals surface area contributed by atoms with Crippen LogP contribution in [-0.4, -0.2) is 62.2 Å². The van der Waals surface area contributed by atoms with E-state index in [1.54, 1.807) is 7.11 Å². The van der Waals surface area contributed by atoms with E-state index in [4.69, 9.17) is 4.74 Å². The summed E-state index contributed by atoms with van der Waals surface area (Å²) < 4.78 is 5.55. The summed E-state index contributed by atoms with van der Waals surface area (Å²) in [6.45, 7) is 10.2. The average molecular weight is 380 g/mol. The van der Waals surface area contributed by atoms with Crippen molar-refractivity contribution in [2.24, 2.45) is 0 Å². The Balaban J connectivity index is 1.26. The maximum absolute atomic E-state index is 5.55. The van der Waals surface area contributed by atoms with E-state index in [0.717, 1.165) is 44.5 Å². The van der Waals surface area contributed by atoms with Crippen LogP contribution in [0.1, 0.15) is 24.0 Å². The Morgan fingerprint density at radius 3 is 2.36 bits per heavy atom. The Labute approximate surface area is 169 Å². The van der Waals surface area contributed by atoms with E-state index in [0.29, 0.717) is 0 Å². The lowest BCUT2D eigenvalue weighted by Crippen LogP contribution is -2.53. The molecule has 4 rings (SSSR count). The van der Waals surface area contributed by atoms with Gasteiger partial charge in [-0.25, -0.2) is 0 Å². The van der Waals surface area contributed by atoms with Crippen LogP contribution in [0.25, 0.3) is 0 Å². The van der Waals surface area contributed by atoms with Gasteiger partial charge in [-0.15, -0.1) is 0 Å². The molecule has 0 aliphatic carbocycles. The average Bonchev–Trinajstić information content (AvgIpc) is 2.74. The van der Waals surface area contributed by atoms with E-state index in [1.165, 1.54) is 42.7 Å². The number of methoxy groups -OCH3 is 1. The highest BCUT2D eigenvalue weighted by Crippen LogP contribution is 2.29. The zero-order chi connectivity index (χ0) is 19.3. The van der Waals surface area contributed by atoms with Gasteiger partial charge in [0.25, 0.3) is 0 Å². The normalized spacial score (nSPS) is 19.7. The summed E-state index contributed by atoms with van der Waals surface area (Å²) in [4.78, 5) is 7.81. The van der Waals surface area contributed by atoms with Crippen LogP contribution in [0.2, 0.25) is 0 Å². The molecule has 0 unspecified atom stereocenters. The fourth-order valence-corrected chi connectivity index (χ4v) is 4.73. The summed E-state index contributed by atoms with van der Waals surface area (Å²) in [6, 6.07) is 18.1. The van der Waals surface area contributed by atoms with Crippen LogP contribution < -0.4 is 9.64 Å². The van der Waals surface area contributed by atoms with Crippen molar-refractivity contribution in [3.63, 3.8) is 0 Å². The lowest BCUT2D eigenvalue weighted by atomic mass is 10.0. The van der Waals surface area contributed by atoms with Gasteiger partial charge in [-0.2, -0.15) is 0 Å². The first-order valence-electron chi connectivity index (χ1n) is 10.6. The van der Waals surface area contributed by atoms with Gasteiger partial charge < -0.3 is 9.64 Å². The van der Waals surface area contributed by atoms with Gasteiger partial charge in [0.05, 0.1) is 12.8 Å². The van der Waals surface area contributed by atoms with E-state index in [1.807, 2.05) is 6.07 Å². The minimum absolute atomic E-state index is 0.744. The SMILES string of the molecule is COc1ccccc1N1CCN(C2CCN(Cc3cccc(C)c3)CC2)CC1. The van der Waals surface area contributed by atoms with Crippen LogP contribution in [0.5, 0.6) is 5.75 Å². The maximum atomic E-state index is 5.55. The van der Waals surface area contributed by atoms with Crippen LogP contribution in [0.3, 0.4) is 0 Å². The molecule has 0 spiro atoms. The predicted molar refractivity (Wildman–Crippen MR) is 116 cm³/mol. The Morgan fingerprint density at radius 1 is 0.893 bits per heavy atom. The molecule has 4 heteroatoms. The third-order valence-electron chi connectivity index (χ3n) is 6.30. The molecule has 2 aromatic rings. The summed E-state index contributed by atoms with van der Waals surface area (Å²) in [5.41, 5.74) is 4.04. The fraction of sp³-hybridized carbons (Fsp3) is 0.500. The van der Waals surface area contributed by atoms with Crippen molar-refractivity contribution >= 4 is 5.69 Å². The molecule has 2 aromatic carbocycles. The number of ether oxygens (including phenoxy) is 1. The van der Waals surface area contributed by atoms with Gasteiger partial charge in [-0.3, -0.25) is 9.80 Å². The standard InChI is InChI=1S/C24H33N3O/c1-20-6-5-7-21(18-20)19-25-12-10-22(11-13-25)26-14-16-27(17-15-26)23-8-3-4-9-24(23)28-2/h3-9,18,22H,10-17,19H2,1-2H3. The van der Waals surface area contributed by atoms with Crippen molar-refractivity contribution in [3.8, 4) is 5.75 Å². The van der Waals surface area contributed by atoms with Crippen LogP contribution in [0.15, 0.2) is 48.5 Å². The van der Waals surface area contributed by atoms with Gasteiger partial charge in [0.2, 0.25) is 0 Å². The summed E-state index contributed by atoms with van der Waals surface area (Å²) in [6.07, 6.45) is 2.58. The molecule has 2 heterocycles. The van der Waals surface area contributed by atoms with Crippen molar-refractivity contribution in [2.45, 2.75) is 32.4 Å². The van der Waals surface area contributed by atoms with E-state index < -0.39 is 0 Å². The topological polar surface area (TPSA) is 19.0 Å².